The van der Waals surface area contributed by atoms with Crippen LogP contribution >= 0.6 is 0 Å². The number of carboxylic acid groups (broad SMARTS) is 1. The van der Waals surface area contributed by atoms with E-state index in [1.165, 1.54) is 0 Å². The number of anilines is 1. The third kappa shape index (κ3) is 5.04. The Bertz CT molecular complexity index is 387. The van der Waals surface area contributed by atoms with Gasteiger partial charge in [0.1, 0.15) is 0 Å². The summed E-state index contributed by atoms with van der Waals surface area (Å²) < 4.78 is 0. The lowest BCUT2D eigenvalue weighted by atomic mass is 10.2. The molecule has 0 unspecified atom stereocenters. The van der Waals surface area contributed by atoms with E-state index in [1.807, 2.05) is 30.3 Å². The summed E-state index contributed by atoms with van der Waals surface area (Å²) in [6.07, 6.45) is 1.81. The van der Waals surface area contributed by atoms with E-state index >= 15 is 0 Å². The van der Waals surface area contributed by atoms with E-state index in [1.54, 1.807) is 0 Å². The number of hydrogen-bond donors (Lipinski definition) is 1. The van der Waals surface area contributed by atoms with Crippen LogP contribution in [0.2, 0.25) is 0 Å². The van der Waals surface area contributed by atoms with E-state index in [4.69, 9.17) is 5.11 Å². The van der Waals surface area contributed by atoms with Crippen molar-refractivity contribution in [2.24, 2.45) is 0 Å². The van der Waals surface area contributed by atoms with Crippen LogP contribution in [0.25, 0.3) is 0 Å². The summed E-state index contributed by atoms with van der Waals surface area (Å²) in [4.78, 5) is 12.7. The van der Waals surface area contributed by atoms with Crippen LogP contribution in [0.15, 0.2) is 42.5 Å². The fraction of sp³-hybridized carbons (Fsp3) is 0.400. The first-order valence-electron chi connectivity index (χ1n) is 6.32. The normalized spacial score (nSPS) is 10.1. The first-order chi connectivity index (χ1) is 8.63. The number of benzene rings is 1. The lowest BCUT2D eigenvalue weighted by molar-refractivity contribution is -0.137. The molecule has 0 atom stereocenters. The summed E-state index contributed by atoms with van der Waals surface area (Å²) in [5.41, 5.74) is 2.28. The molecule has 3 nitrogen and oxygen atoms in total. The van der Waals surface area contributed by atoms with Crippen molar-refractivity contribution >= 4 is 11.7 Å². The lowest BCUT2D eigenvalue weighted by Crippen LogP contribution is -2.27. The van der Waals surface area contributed by atoms with Crippen LogP contribution in [-0.2, 0) is 4.79 Å². The molecule has 0 heterocycles. The first kappa shape index (κ1) is 14.3. The molecule has 3 heteroatoms. The van der Waals surface area contributed by atoms with Gasteiger partial charge in [0.05, 0.1) is 0 Å². The highest BCUT2D eigenvalue weighted by Crippen LogP contribution is 2.16. The minimum Gasteiger partial charge on any atom is -0.481 e. The van der Waals surface area contributed by atoms with Gasteiger partial charge < -0.3 is 10.0 Å². The Morgan fingerprint density at radius 3 is 2.56 bits per heavy atom. The zero-order valence-electron chi connectivity index (χ0n) is 10.9. The quantitative estimate of drug-likeness (QED) is 0.716. The highest BCUT2D eigenvalue weighted by molar-refractivity contribution is 5.66. The fourth-order valence-electron chi connectivity index (χ4n) is 1.74. The van der Waals surface area contributed by atoms with E-state index in [0.717, 1.165) is 30.8 Å². The predicted octanol–water partition coefficient (Wildman–Crippen LogP) is 3.32. The van der Waals surface area contributed by atoms with Gasteiger partial charge in [0, 0.05) is 25.2 Å². The van der Waals surface area contributed by atoms with Crippen LogP contribution in [0.1, 0.15) is 26.2 Å². The molecular weight excluding hydrogens is 226 g/mol. The Morgan fingerprint density at radius 2 is 2.00 bits per heavy atom. The molecule has 0 spiro atoms. The molecule has 0 aliphatic carbocycles. The maximum Gasteiger partial charge on any atom is 0.303 e. The van der Waals surface area contributed by atoms with Gasteiger partial charge in [0.25, 0.3) is 0 Å². The summed E-state index contributed by atoms with van der Waals surface area (Å²) in [5, 5.41) is 8.69. The molecule has 0 aromatic heterocycles. The van der Waals surface area contributed by atoms with Gasteiger partial charge in [-0.05, 0) is 25.0 Å². The molecule has 0 bridgehead atoms. The molecule has 0 aliphatic rings. The topological polar surface area (TPSA) is 40.5 Å². The lowest BCUT2D eigenvalue weighted by Gasteiger charge is -2.25. The highest BCUT2D eigenvalue weighted by Gasteiger charge is 2.08. The molecule has 0 amide bonds. The molecule has 0 saturated carbocycles. The van der Waals surface area contributed by atoms with Crippen molar-refractivity contribution in [1.82, 2.24) is 0 Å². The Labute approximate surface area is 109 Å². The van der Waals surface area contributed by atoms with Crippen LogP contribution in [0.4, 0.5) is 5.69 Å². The number of aliphatic carboxylic acids is 1. The second-order valence-electron chi connectivity index (χ2n) is 4.36. The zero-order valence-corrected chi connectivity index (χ0v) is 10.9. The van der Waals surface area contributed by atoms with E-state index in [-0.39, 0.29) is 6.42 Å². The van der Waals surface area contributed by atoms with Crippen LogP contribution in [-0.4, -0.2) is 24.2 Å². The van der Waals surface area contributed by atoms with Crippen molar-refractivity contribution in [3.63, 3.8) is 0 Å². The Balaban J connectivity index is 2.63. The molecule has 1 rings (SSSR count). The molecule has 1 aromatic rings. The molecule has 0 radical (unpaired) electrons. The average molecular weight is 247 g/mol. The third-order valence-electron chi connectivity index (χ3n) is 2.85. The second kappa shape index (κ2) is 7.54. The maximum absolute atomic E-state index is 10.6. The minimum absolute atomic E-state index is 0.210. The van der Waals surface area contributed by atoms with Gasteiger partial charge in [-0.15, -0.1) is 0 Å². The van der Waals surface area contributed by atoms with Gasteiger partial charge in [0.15, 0.2) is 0 Å². The van der Waals surface area contributed by atoms with Crippen LogP contribution in [0.5, 0.6) is 0 Å². The SMILES string of the molecule is C=C(CC)CN(CCCC(=O)O)c1ccccc1. The second-order valence-corrected chi connectivity index (χ2v) is 4.36. The van der Waals surface area contributed by atoms with Gasteiger partial charge in [-0.2, -0.15) is 0 Å². The molecule has 0 saturated heterocycles. The summed E-state index contributed by atoms with van der Waals surface area (Å²) >= 11 is 0. The van der Waals surface area contributed by atoms with E-state index in [9.17, 15) is 4.79 Å². The number of rotatable bonds is 8. The average Bonchev–Trinajstić information content (AvgIpc) is 2.38. The Kier molecular flexibility index (Phi) is 5.98. The molecule has 0 fully saturated rings. The first-order valence-corrected chi connectivity index (χ1v) is 6.32. The summed E-state index contributed by atoms with van der Waals surface area (Å²) in [5.74, 6) is -0.739. The Hall–Kier alpha value is -1.77. The monoisotopic (exact) mass is 247 g/mol. The number of carbonyl (C=O) groups is 1. The number of hydrogen-bond acceptors (Lipinski definition) is 2. The number of para-hydroxylation sites is 1. The Morgan fingerprint density at radius 1 is 1.33 bits per heavy atom. The van der Waals surface area contributed by atoms with Gasteiger partial charge in [-0.25, -0.2) is 0 Å². The van der Waals surface area contributed by atoms with Crippen molar-refractivity contribution in [2.45, 2.75) is 26.2 Å². The van der Waals surface area contributed by atoms with E-state index in [2.05, 4.69) is 18.4 Å². The predicted molar refractivity (Wildman–Crippen MR) is 75.0 cm³/mol. The van der Waals surface area contributed by atoms with Crippen molar-refractivity contribution < 1.29 is 9.90 Å². The summed E-state index contributed by atoms with van der Waals surface area (Å²) in [6, 6.07) is 10.1. The van der Waals surface area contributed by atoms with E-state index < -0.39 is 5.97 Å². The standard InChI is InChI=1S/C15H21NO2/c1-3-13(2)12-16(11-7-10-15(17)18)14-8-5-4-6-9-14/h4-6,8-9H,2-3,7,10-12H2,1H3,(H,17,18). The third-order valence-corrected chi connectivity index (χ3v) is 2.85. The summed E-state index contributed by atoms with van der Waals surface area (Å²) in [6.45, 7) is 7.65. The molecule has 0 aliphatic heterocycles. The van der Waals surface area contributed by atoms with Gasteiger partial charge >= 0.3 is 5.97 Å². The van der Waals surface area contributed by atoms with Crippen molar-refractivity contribution in [3.8, 4) is 0 Å². The smallest absolute Gasteiger partial charge is 0.303 e. The number of nitrogens with zero attached hydrogens (tertiary/aromatic N) is 1. The van der Waals surface area contributed by atoms with Gasteiger partial charge in [-0.1, -0.05) is 37.3 Å². The largest absolute Gasteiger partial charge is 0.481 e. The van der Waals surface area contributed by atoms with Crippen molar-refractivity contribution in [1.29, 1.82) is 0 Å². The summed E-state index contributed by atoms with van der Waals surface area (Å²) in [7, 11) is 0. The molecule has 18 heavy (non-hydrogen) atoms. The molecule has 98 valence electrons. The highest BCUT2D eigenvalue weighted by atomic mass is 16.4. The van der Waals surface area contributed by atoms with Crippen LogP contribution in [0.3, 0.4) is 0 Å². The van der Waals surface area contributed by atoms with Crippen molar-refractivity contribution in [3.05, 3.63) is 42.5 Å². The zero-order chi connectivity index (χ0) is 13.4. The molecule has 1 N–H and O–H groups in total. The molecular formula is C15H21NO2. The van der Waals surface area contributed by atoms with Gasteiger partial charge in [0.2, 0.25) is 0 Å². The number of carboxylic acids is 1. The van der Waals surface area contributed by atoms with Crippen LogP contribution < -0.4 is 4.90 Å². The molecule has 1 aromatic carbocycles. The van der Waals surface area contributed by atoms with Crippen LogP contribution in [0, 0.1) is 0 Å². The minimum atomic E-state index is -0.739. The van der Waals surface area contributed by atoms with Crippen molar-refractivity contribution in [2.75, 3.05) is 18.0 Å². The fourth-order valence-corrected chi connectivity index (χ4v) is 1.74. The maximum atomic E-state index is 10.6. The van der Waals surface area contributed by atoms with Gasteiger partial charge in [-0.3, -0.25) is 4.79 Å². The van der Waals surface area contributed by atoms with E-state index in [0.29, 0.717) is 6.42 Å².